The van der Waals surface area contributed by atoms with E-state index in [0.29, 0.717) is 38.2 Å². The number of hydrogen-bond donors (Lipinski definition) is 1. The lowest BCUT2D eigenvalue weighted by atomic mass is 9.94. The number of ketones is 1. The van der Waals surface area contributed by atoms with Crippen molar-refractivity contribution in [1.82, 2.24) is 10.2 Å². The lowest BCUT2D eigenvalue weighted by molar-refractivity contribution is -0.132. The molecule has 0 spiro atoms. The molecule has 0 saturated carbocycles. The molecule has 3 heterocycles. The number of ether oxygens (including phenoxy) is 1. The van der Waals surface area contributed by atoms with E-state index >= 15 is 0 Å². The van der Waals surface area contributed by atoms with Crippen LogP contribution >= 0.6 is 34.7 Å². The standard InChI is InChI=1S/C29H21ClFN3O4S2/c1-15-11-19-12-17(9-10-22(19)38-15)25(35)23-24(16-6-4-7-20(30)13-16)34(27(37)26(23)36)28-32-33-29(40-28)39-14-18-5-2-3-8-21(18)31/h2-10,12-13,15,24,35H,11,14H2,1H3/t15-,24-/m1/s1. The summed E-state index contributed by atoms with van der Waals surface area (Å²) in [5.74, 6) is -1.26. The van der Waals surface area contributed by atoms with Gasteiger partial charge >= 0.3 is 5.91 Å². The molecular weight excluding hydrogens is 573 g/mol. The second kappa shape index (κ2) is 10.7. The van der Waals surface area contributed by atoms with E-state index in [0.717, 1.165) is 22.6 Å². The van der Waals surface area contributed by atoms with E-state index < -0.39 is 17.7 Å². The van der Waals surface area contributed by atoms with E-state index in [9.17, 15) is 19.1 Å². The van der Waals surface area contributed by atoms with Crippen LogP contribution < -0.4 is 9.64 Å². The number of amides is 1. The Bertz CT molecular complexity index is 1690. The van der Waals surface area contributed by atoms with Crippen molar-refractivity contribution in [2.45, 2.75) is 35.6 Å². The number of benzene rings is 3. The molecule has 3 aromatic carbocycles. The van der Waals surface area contributed by atoms with Crippen LogP contribution in [0.5, 0.6) is 5.75 Å². The minimum Gasteiger partial charge on any atom is -0.507 e. The largest absolute Gasteiger partial charge is 0.507 e. The number of aromatic nitrogens is 2. The number of nitrogens with zero attached hydrogens (tertiary/aromatic N) is 3. The summed E-state index contributed by atoms with van der Waals surface area (Å²) in [6, 6.07) is 17.4. The fourth-order valence-electron chi connectivity index (χ4n) is 4.86. The van der Waals surface area contributed by atoms with Gasteiger partial charge in [-0.1, -0.05) is 65.0 Å². The van der Waals surface area contributed by atoms with Gasteiger partial charge < -0.3 is 9.84 Å². The molecule has 1 saturated heterocycles. The van der Waals surface area contributed by atoms with Crippen molar-refractivity contribution >= 4 is 57.3 Å². The number of fused-ring (bicyclic) bond motifs is 1. The summed E-state index contributed by atoms with van der Waals surface area (Å²) in [7, 11) is 0. The zero-order valence-electron chi connectivity index (χ0n) is 21.0. The van der Waals surface area contributed by atoms with Gasteiger partial charge in [-0.25, -0.2) is 4.39 Å². The molecular formula is C29H21ClFN3O4S2. The average Bonchev–Trinajstić information content (AvgIpc) is 3.63. The van der Waals surface area contributed by atoms with Gasteiger partial charge in [-0.3, -0.25) is 14.5 Å². The first-order chi connectivity index (χ1) is 19.3. The monoisotopic (exact) mass is 593 g/mol. The number of hydrogen-bond acceptors (Lipinski definition) is 8. The predicted molar refractivity (Wildman–Crippen MR) is 152 cm³/mol. The zero-order valence-corrected chi connectivity index (χ0v) is 23.4. The summed E-state index contributed by atoms with van der Waals surface area (Å²) in [5.41, 5.74) is 2.28. The number of Topliss-reactive ketones (excluding diaryl/α,β-unsaturated/α-hetero) is 1. The van der Waals surface area contributed by atoms with E-state index in [1.165, 1.54) is 22.7 Å². The van der Waals surface area contributed by atoms with Gasteiger partial charge in [0.05, 0.1) is 11.6 Å². The Morgan fingerprint density at radius 1 is 1.15 bits per heavy atom. The Balaban J connectivity index is 1.39. The number of aliphatic hydroxyl groups excluding tert-OH is 1. The Hall–Kier alpha value is -3.73. The lowest BCUT2D eigenvalue weighted by Crippen LogP contribution is -2.29. The quantitative estimate of drug-likeness (QED) is 0.0888. The first-order valence-electron chi connectivity index (χ1n) is 12.4. The van der Waals surface area contributed by atoms with Crippen LogP contribution in [0, 0.1) is 5.82 Å². The molecule has 40 heavy (non-hydrogen) atoms. The van der Waals surface area contributed by atoms with Gasteiger partial charge in [0.2, 0.25) is 5.13 Å². The summed E-state index contributed by atoms with van der Waals surface area (Å²) in [4.78, 5) is 28.1. The highest BCUT2D eigenvalue weighted by Gasteiger charge is 2.48. The normalized spacial score (nSPS) is 19.6. The number of carbonyl (C=O) groups is 2. The molecule has 202 valence electrons. The molecule has 1 amide bonds. The predicted octanol–water partition coefficient (Wildman–Crippen LogP) is 6.57. The molecule has 0 bridgehead atoms. The maximum absolute atomic E-state index is 14.1. The summed E-state index contributed by atoms with van der Waals surface area (Å²) in [6.07, 6.45) is 0.674. The molecule has 7 nitrogen and oxygen atoms in total. The molecule has 0 radical (unpaired) electrons. The van der Waals surface area contributed by atoms with Gasteiger partial charge in [-0.2, -0.15) is 0 Å². The van der Waals surface area contributed by atoms with Crippen molar-refractivity contribution in [3.63, 3.8) is 0 Å². The topological polar surface area (TPSA) is 92.6 Å². The maximum Gasteiger partial charge on any atom is 0.301 e. The SMILES string of the molecule is C[C@@H]1Cc2cc(C(O)=C3C(=O)C(=O)N(c4nnc(SCc5ccccc5F)s4)[C@@H]3c3cccc(Cl)c3)ccc2O1. The Morgan fingerprint density at radius 2 is 1.98 bits per heavy atom. The van der Waals surface area contributed by atoms with Crippen LogP contribution in [0.1, 0.15) is 35.2 Å². The lowest BCUT2D eigenvalue weighted by Gasteiger charge is -2.22. The molecule has 2 aliphatic heterocycles. The van der Waals surface area contributed by atoms with Crippen LogP contribution in [0.3, 0.4) is 0 Å². The van der Waals surface area contributed by atoms with Gasteiger partial charge in [0.15, 0.2) is 4.34 Å². The van der Waals surface area contributed by atoms with Crippen molar-refractivity contribution in [3.05, 3.63) is 105 Å². The van der Waals surface area contributed by atoms with Gasteiger partial charge in [-0.15, -0.1) is 10.2 Å². The molecule has 2 atom stereocenters. The number of anilines is 1. The second-order valence-corrected chi connectivity index (χ2v) is 12.0. The first kappa shape index (κ1) is 26.5. The van der Waals surface area contributed by atoms with Crippen molar-refractivity contribution in [3.8, 4) is 5.75 Å². The van der Waals surface area contributed by atoms with Crippen LogP contribution in [0.2, 0.25) is 5.02 Å². The second-order valence-electron chi connectivity index (χ2n) is 9.41. The Morgan fingerprint density at radius 3 is 2.77 bits per heavy atom. The smallest absolute Gasteiger partial charge is 0.301 e. The van der Waals surface area contributed by atoms with E-state index in [1.54, 1.807) is 60.7 Å². The van der Waals surface area contributed by atoms with E-state index in [2.05, 4.69) is 10.2 Å². The van der Waals surface area contributed by atoms with Crippen LogP contribution in [0.25, 0.3) is 5.76 Å². The van der Waals surface area contributed by atoms with Crippen LogP contribution in [0.15, 0.2) is 76.6 Å². The molecule has 1 fully saturated rings. The molecule has 4 aromatic rings. The van der Waals surface area contributed by atoms with Crippen LogP contribution in [-0.4, -0.2) is 33.1 Å². The fourth-order valence-corrected chi connectivity index (χ4v) is 6.91. The number of rotatable bonds is 6. The summed E-state index contributed by atoms with van der Waals surface area (Å²) < 4.78 is 20.3. The number of thioether (sulfide) groups is 1. The molecule has 1 N–H and O–H groups in total. The van der Waals surface area contributed by atoms with Gasteiger partial charge in [-0.05, 0) is 60.0 Å². The zero-order chi connectivity index (χ0) is 28.0. The third-order valence-corrected chi connectivity index (χ3v) is 9.03. The minimum absolute atomic E-state index is 0.00675. The number of carbonyl (C=O) groups excluding carboxylic acids is 2. The average molecular weight is 594 g/mol. The van der Waals surface area contributed by atoms with Crippen molar-refractivity contribution in [2.75, 3.05) is 4.90 Å². The van der Waals surface area contributed by atoms with Gasteiger partial charge in [0.25, 0.3) is 5.78 Å². The summed E-state index contributed by atoms with van der Waals surface area (Å²) in [6.45, 7) is 1.95. The molecule has 1 aromatic heterocycles. The molecule has 6 rings (SSSR count). The minimum atomic E-state index is -0.987. The van der Waals surface area contributed by atoms with Gasteiger partial charge in [0, 0.05) is 22.8 Å². The maximum atomic E-state index is 14.1. The highest BCUT2D eigenvalue weighted by Crippen LogP contribution is 2.45. The molecule has 0 aliphatic carbocycles. The van der Waals surface area contributed by atoms with E-state index in [1.807, 2.05) is 6.92 Å². The third-order valence-electron chi connectivity index (χ3n) is 6.69. The molecule has 11 heteroatoms. The summed E-state index contributed by atoms with van der Waals surface area (Å²) in [5, 5.41) is 20.4. The molecule has 0 unspecified atom stereocenters. The fraction of sp³-hybridized carbons (Fsp3) is 0.172. The van der Waals surface area contributed by atoms with Crippen molar-refractivity contribution < 1.29 is 23.8 Å². The number of aliphatic hydroxyl groups is 1. The molecule has 2 aliphatic rings. The van der Waals surface area contributed by atoms with E-state index in [-0.39, 0.29) is 28.4 Å². The van der Waals surface area contributed by atoms with Gasteiger partial charge in [0.1, 0.15) is 23.4 Å². The first-order valence-corrected chi connectivity index (χ1v) is 14.5. The Labute approximate surface area is 242 Å². The van der Waals surface area contributed by atoms with E-state index in [4.69, 9.17) is 16.3 Å². The number of halogens is 2. The van der Waals surface area contributed by atoms with Crippen molar-refractivity contribution in [1.29, 1.82) is 0 Å². The van der Waals surface area contributed by atoms with Crippen molar-refractivity contribution in [2.24, 2.45) is 0 Å². The highest BCUT2D eigenvalue weighted by atomic mass is 35.5. The third kappa shape index (κ3) is 4.87. The summed E-state index contributed by atoms with van der Waals surface area (Å²) >= 11 is 8.67. The highest BCUT2D eigenvalue weighted by molar-refractivity contribution is 8.00. The van der Waals surface area contributed by atoms with Crippen LogP contribution in [0.4, 0.5) is 9.52 Å². The van der Waals surface area contributed by atoms with Crippen LogP contribution in [-0.2, 0) is 21.8 Å². The Kier molecular flexibility index (Phi) is 7.07.